The van der Waals surface area contributed by atoms with Gasteiger partial charge in [-0.25, -0.2) is 0 Å². The van der Waals surface area contributed by atoms with Gasteiger partial charge in [-0.15, -0.1) is 0 Å². The number of ketones is 1. The molecule has 0 aromatic heterocycles. The molecule has 1 aromatic carbocycles. The van der Waals surface area contributed by atoms with Crippen molar-refractivity contribution in [3.63, 3.8) is 0 Å². The van der Waals surface area contributed by atoms with Crippen molar-refractivity contribution in [1.82, 2.24) is 0 Å². The smallest absolute Gasteiger partial charge is 0.196 e. The molecule has 1 atom stereocenters. The number of aliphatic hydroxyl groups is 1. The molecule has 0 bridgehead atoms. The highest BCUT2D eigenvalue weighted by Gasteiger charge is 2.30. The Bertz CT molecular complexity index is 736. The van der Waals surface area contributed by atoms with E-state index in [9.17, 15) is 20.3 Å². The van der Waals surface area contributed by atoms with Crippen LogP contribution in [-0.4, -0.2) is 28.6 Å². The molecule has 1 aliphatic carbocycles. The van der Waals surface area contributed by atoms with Gasteiger partial charge >= 0.3 is 0 Å². The molecule has 1 aliphatic heterocycles. The molecule has 2 N–H and O–H groups in total. The number of hydrogen-bond donors (Lipinski definition) is 2. The van der Waals surface area contributed by atoms with Crippen molar-refractivity contribution in [2.24, 2.45) is 0 Å². The van der Waals surface area contributed by atoms with E-state index >= 15 is 0 Å². The van der Waals surface area contributed by atoms with Gasteiger partial charge in [0, 0.05) is 23.0 Å². The van der Waals surface area contributed by atoms with Crippen LogP contribution in [0.15, 0.2) is 59.3 Å². The number of allylic oxidation sites excluding steroid dienone is 2. The Kier molecular flexibility index (Phi) is 3.09. The molecule has 21 heavy (non-hydrogen) atoms. The van der Waals surface area contributed by atoms with Crippen LogP contribution < -0.4 is 4.90 Å². The minimum atomic E-state index is -1.18. The van der Waals surface area contributed by atoms with Crippen molar-refractivity contribution < 1.29 is 15.0 Å². The highest BCUT2D eigenvalue weighted by molar-refractivity contribution is 6.07. The number of phenolic OH excluding ortho intramolecular Hbond substituents is 1. The Balaban J connectivity index is 2.05. The fourth-order valence-electron chi connectivity index (χ4n) is 2.45. The predicted molar refractivity (Wildman–Crippen MR) is 76.3 cm³/mol. The number of fused-ring (bicyclic) bond motifs is 1. The number of carbonyl (C=O) groups excluding carboxylic acids is 1. The summed E-state index contributed by atoms with van der Waals surface area (Å²) >= 11 is 0. The van der Waals surface area contributed by atoms with Crippen LogP contribution in [0.2, 0.25) is 0 Å². The lowest BCUT2D eigenvalue weighted by atomic mass is 9.87. The van der Waals surface area contributed by atoms with Crippen LogP contribution in [-0.2, 0) is 4.79 Å². The summed E-state index contributed by atoms with van der Waals surface area (Å²) in [5.41, 5.74) is 2.04. The van der Waals surface area contributed by atoms with E-state index in [-0.39, 0.29) is 12.3 Å². The maximum absolute atomic E-state index is 12.0. The Morgan fingerprint density at radius 1 is 1.29 bits per heavy atom. The van der Waals surface area contributed by atoms with Crippen molar-refractivity contribution in [3.05, 3.63) is 59.3 Å². The zero-order valence-electron chi connectivity index (χ0n) is 11.0. The van der Waals surface area contributed by atoms with Gasteiger partial charge in [0.15, 0.2) is 5.78 Å². The first-order valence-electron chi connectivity index (χ1n) is 6.42. The quantitative estimate of drug-likeness (QED) is 0.812. The molecular formula is C16H12N2O3. The van der Waals surface area contributed by atoms with Gasteiger partial charge in [0.05, 0.1) is 18.2 Å². The van der Waals surface area contributed by atoms with Crippen LogP contribution in [0.3, 0.4) is 0 Å². The summed E-state index contributed by atoms with van der Waals surface area (Å²) in [4.78, 5) is 13.8. The predicted octanol–water partition coefficient (Wildman–Crippen LogP) is 1.42. The van der Waals surface area contributed by atoms with E-state index in [1.807, 2.05) is 11.0 Å². The molecule has 1 aromatic rings. The van der Waals surface area contributed by atoms with Gasteiger partial charge in [-0.3, -0.25) is 4.79 Å². The Morgan fingerprint density at radius 2 is 2.00 bits per heavy atom. The lowest BCUT2D eigenvalue weighted by Gasteiger charge is -2.29. The number of benzene rings is 1. The van der Waals surface area contributed by atoms with Gasteiger partial charge in [-0.05, 0) is 30.3 Å². The fourth-order valence-corrected chi connectivity index (χ4v) is 2.45. The second-order valence-electron chi connectivity index (χ2n) is 4.86. The number of phenols is 1. The van der Waals surface area contributed by atoms with E-state index in [4.69, 9.17) is 0 Å². The van der Waals surface area contributed by atoms with Gasteiger partial charge in [0.25, 0.3) is 0 Å². The minimum absolute atomic E-state index is 0.163. The number of anilines is 1. The number of aliphatic hydroxyl groups excluding tert-OH is 1. The Labute approximate surface area is 121 Å². The summed E-state index contributed by atoms with van der Waals surface area (Å²) in [7, 11) is 0. The minimum Gasteiger partial charge on any atom is -0.508 e. The first-order chi connectivity index (χ1) is 10.1. The van der Waals surface area contributed by atoms with Gasteiger partial charge in [-0.1, -0.05) is 6.08 Å². The second kappa shape index (κ2) is 4.93. The third kappa shape index (κ3) is 2.22. The van der Waals surface area contributed by atoms with Crippen LogP contribution in [0.5, 0.6) is 5.75 Å². The monoisotopic (exact) mass is 280 g/mol. The van der Waals surface area contributed by atoms with Crippen LogP contribution in [0, 0.1) is 11.3 Å². The van der Waals surface area contributed by atoms with Crippen LogP contribution in [0.25, 0.3) is 0 Å². The number of nitrogens with zero attached hydrogens (tertiary/aromatic N) is 2. The molecule has 2 aliphatic rings. The van der Waals surface area contributed by atoms with Crippen LogP contribution >= 0.6 is 0 Å². The Morgan fingerprint density at radius 3 is 2.67 bits per heavy atom. The average Bonchev–Trinajstić information content (AvgIpc) is 2.50. The number of rotatable bonds is 1. The molecule has 104 valence electrons. The first kappa shape index (κ1) is 13.2. The Hall–Kier alpha value is -2.84. The maximum Gasteiger partial charge on any atom is 0.196 e. The van der Waals surface area contributed by atoms with E-state index in [1.165, 1.54) is 6.08 Å². The lowest BCUT2D eigenvalue weighted by Crippen LogP contribution is -2.32. The second-order valence-corrected chi connectivity index (χ2v) is 4.86. The molecule has 0 spiro atoms. The van der Waals surface area contributed by atoms with Crippen molar-refractivity contribution >= 4 is 11.5 Å². The number of hydrogen-bond acceptors (Lipinski definition) is 5. The molecule has 0 saturated heterocycles. The maximum atomic E-state index is 12.0. The zero-order valence-corrected chi connectivity index (χ0v) is 11.0. The van der Waals surface area contributed by atoms with Gasteiger partial charge in [0.2, 0.25) is 0 Å². The van der Waals surface area contributed by atoms with Crippen LogP contribution in [0.1, 0.15) is 0 Å². The van der Waals surface area contributed by atoms with E-state index in [0.717, 1.165) is 5.69 Å². The summed E-state index contributed by atoms with van der Waals surface area (Å²) in [5.74, 6) is -0.276. The largest absolute Gasteiger partial charge is 0.508 e. The number of aromatic hydroxyl groups is 1. The van der Waals surface area contributed by atoms with Crippen molar-refractivity contribution in [2.45, 2.75) is 6.10 Å². The van der Waals surface area contributed by atoms with E-state index in [1.54, 1.807) is 36.5 Å². The molecule has 5 nitrogen and oxygen atoms in total. The van der Waals surface area contributed by atoms with E-state index in [0.29, 0.717) is 16.7 Å². The summed E-state index contributed by atoms with van der Waals surface area (Å²) in [6, 6.07) is 8.63. The molecule has 1 heterocycles. The summed E-state index contributed by atoms with van der Waals surface area (Å²) < 4.78 is 0. The molecule has 0 amide bonds. The van der Waals surface area contributed by atoms with Crippen LogP contribution in [0.4, 0.5) is 5.69 Å². The summed E-state index contributed by atoms with van der Waals surface area (Å²) in [6.45, 7) is 0.256. The topological polar surface area (TPSA) is 84.6 Å². The van der Waals surface area contributed by atoms with Crippen molar-refractivity contribution in [1.29, 1.82) is 5.26 Å². The molecule has 1 unspecified atom stereocenters. The third-order valence-corrected chi connectivity index (χ3v) is 3.50. The lowest BCUT2D eigenvalue weighted by molar-refractivity contribution is -0.121. The summed E-state index contributed by atoms with van der Waals surface area (Å²) in [6.07, 6.45) is 3.64. The molecule has 5 heteroatoms. The van der Waals surface area contributed by atoms with E-state index < -0.39 is 11.9 Å². The highest BCUT2D eigenvalue weighted by atomic mass is 16.3. The van der Waals surface area contributed by atoms with Gasteiger partial charge in [0.1, 0.15) is 11.9 Å². The van der Waals surface area contributed by atoms with E-state index in [2.05, 4.69) is 0 Å². The third-order valence-electron chi connectivity index (χ3n) is 3.50. The average molecular weight is 280 g/mol. The zero-order chi connectivity index (χ0) is 15.0. The van der Waals surface area contributed by atoms with Gasteiger partial charge in [-0.2, -0.15) is 5.26 Å². The summed E-state index contributed by atoms with van der Waals surface area (Å²) in [5, 5.41) is 28.2. The molecule has 0 radical (unpaired) electrons. The van der Waals surface area contributed by atoms with Crippen molar-refractivity contribution in [3.8, 4) is 11.8 Å². The van der Waals surface area contributed by atoms with Gasteiger partial charge < -0.3 is 15.1 Å². The number of Topliss-reactive ketones (excluding diaryl/α,β-unsaturated/α-hetero) is 1. The number of nitriles is 1. The highest BCUT2D eigenvalue weighted by Crippen LogP contribution is 2.31. The SMILES string of the molecule is N#CC1=C2C(=O)C(O)C=CC2=CN(c2ccc(O)cc2)C1. The standard InChI is InChI=1S/C16H12N2O3/c17-7-11-9-18(12-2-4-13(19)5-3-12)8-10-1-6-14(20)16(21)15(10)11/h1-6,8,14,19-20H,9H2. The molecule has 3 rings (SSSR count). The molecular weight excluding hydrogens is 268 g/mol. The molecule has 0 saturated carbocycles. The normalized spacial score (nSPS) is 21.0. The first-order valence-corrected chi connectivity index (χ1v) is 6.42. The molecule has 0 fully saturated rings. The van der Waals surface area contributed by atoms with Crippen molar-refractivity contribution in [2.75, 3.05) is 11.4 Å². The number of carbonyl (C=O) groups is 1. The fraction of sp³-hybridized carbons (Fsp3) is 0.125.